The number of ether oxygens (including phenoxy) is 1. The van der Waals surface area contributed by atoms with Gasteiger partial charge in [-0.15, -0.1) is 11.8 Å². The molecule has 2 saturated heterocycles. The molecule has 7 nitrogen and oxygen atoms in total. The Morgan fingerprint density at radius 3 is 2.88 bits per heavy atom. The van der Waals surface area contributed by atoms with Crippen LogP contribution in [0, 0.1) is 5.92 Å². The minimum Gasteiger partial charge on any atom is -0.424 e. The van der Waals surface area contributed by atoms with Crippen LogP contribution >= 0.6 is 11.8 Å². The largest absolute Gasteiger partial charge is 0.424 e. The van der Waals surface area contributed by atoms with Crippen LogP contribution in [0.3, 0.4) is 0 Å². The van der Waals surface area contributed by atoms with Gasteiger partial charge in [-0.2, -0.15) is 0 Å². The number of hydrogen-bond donors (Lipinski definition) is 3. The number of thioether (sulfide) groups is 1. The van der Waals surface area contributed by atoms with Crippen LogP contribution in [-0.2, 0) is 4.79 Å². The molecule has 1 aromatic heterocycles. The highest BCUT2D eigenvalue weighted by Gasteiger charge is 2.42. The smallest absolute Gasteiger partial charge is 0.321 e. The number of carbonyl (C=O) groups excluding carboxylic acids is 1. The van der Waals surface area contributed by atoms with Gasteiger partial charge in [0.2, 0.25) is 5.91 Å². The maximum atomic E-state index is 12.0. The van der Waals surface area contributed by atoms with E-state index in [1.54, 1.807) is 30.2 Å². The molecule has 4 rings (SSSR count). The molecule has 2 aromatic rings. The Labute approximate surface area is 149 Å². The Morgan fingerprint density at radius 1 is 1.20 bits per heavy atom. The molecule has 8 heteroatoms. The Bertz CT molecular complexity index is 760. The second kappa shape index (κ2) is 6.99. The molecule has 1 aromatic carbocycles. The quantitative estimate of drug-likeness (QED) is 0.769. The summed E-state index contributed by atoms with van der Waals surface area (Å²) in [7, 11) is 0. The number of rotatable bonds is 3. The number of aromatic nitrogens is 2. The Kier molecular flexibility index (Phi) is 4.56. The van der Waals surface area contributed by atoms with Crippen molar-refractivity contribution in [2.24, 2.45) is 5.92 Å². The van der Waals surface area contributed by atoms with E-state index in [9.17, 15) is 4.79 Å². The number of carbonyl (C=O) groups is 1. The van der Waals surface area contributed by atoms with Gasteiger partial charge in [0.25, 0.3) is 0 Å². The summed E-state index contributed by atoms with van der Waals surface area (Å²) < 4.78 is 5.76. The first-order chi connectivity index (χ1) is 12.2. The van der Waals surface area contributed by atoms with Gasteiger partial charge in [0, 0.05) is 29.6 Å². The number of nitrogens with one attached hydrogen (secondary N) is 3. The van der Waals surface area contributed by atoms with Crippen molar-refractivity contribution < 1.29 is 9.53 Å². The zero-order chi connectivity index (χ0) is 17.2. The SMILES string of the molecule is CC1NNC2NC(=O)CSC(c3cccc(Oc4ncccn4)c3)C12. The summed E-state index contributed by atoms with van der Waals surface area (Å²) in [5, 5.41) is 3.21. The molecule has 0 spiro atoms. The molecule has 2 fully saturated rings. The minimum absolute atomic E-state index is 0.0518. The third kappa shape index (κ3) is 3.46. The highest BCUT2D eigenvalue weighted by molar-refractivity contribution is 8.00. The monoisotopic (exact) mass is 357 g/mol. The van der Waals surface area contributed by atoms with Gasteiger partial charge < -0.3 is 10.1 Å². The standard InChI is InChI=1S/C17H19N5O2S/c1-10-14-15(25-9-13(23)20-16(14)22-21-10)11-4-2-5-12(8-11)24-17-18-6-3-7-19-17/h2-8,10,14-16,21-22H,9H2,1H3,(H,20,23). The van der Waals surface area contributed by atoms with E-state index >= 15 is 0 Å². The fourth-order valence-corrected chi connectivity index (χ4v) is 4.65. The second-order valence-corrected chi connectivity index (χ2v) is 7.27. The van der Waals surface area contributed by atoms with Gasteiger partial charge in [0.05, 0.1) is 11.9 Å². The molecule has 0 saturated carbocycles. The number of benzene rings is 1. The molecule has 1 amide bonds. The molecule has 0 aliphatic carbocycles. The van der Waals surface area contributed by atoms with Crippen LogP contribution in [0.15, 0.2) is 42.7 Å². The Morgan fingerprint density at radius 2 is 2.04 bits per heavy atom. The van der Waals surface area contributed by atoms with Crippen LogP contribution in [0.2, 0.25) is 0 Å². The first-order valence-corrected chi connectivity index (χ1v) is 9.22. The molecule has 2 aliphatic rings. The third-order valence-corrected chi connectivity index (χ3v) is 5.80. The van der Waals surface area contributed by atoms with E-state index < -0.39 is 0 Å². The van der Waals surface area contributed by atoms with E-state index in [0.717, 1.165) is 5.56 Å². The van der Waals surface area contributed by atoms with Crippen molar-refractivity contribution >= 4 is 17.7 Å². The zero-order valence-electron chi connectivity index (χ0n) is 13.7. The lowest BCUT2D eigenvalue weighted by molar-refractivity contribution is -0.119. The minimum atomic E-state index is -0.0791. The topological polar surface area (TPSA) is 88.2 Å². The molecule has 3 N–H and O–H groups in total. The second-order valence-electron chi connectivity index (χ2n) is 6.14. The maximum Gasteiger partial charge on any atom is 0.321 e. The summed E-state index contributed by atoms with van der Waals surface area (Å²) in [6, 6.07) is 10.2. The number of nitrogens with zero attached hydrogens (tertiary/aromatic N) is 2. The summed E-state index contributed by atoms with van der Waals surface area (Å²) >= 11 is 1.66. The first kappa shape index (κ1) is 16.3. The molecule has 2 aliphatic heterocycles. The number of hydrazine groups is 1. The summed E-state index contributed by atoms with van der Waals surface area (Å²) in [6.45, 7) is 2.13. The fraction of sp³-hybridized carbons (Fsp3) is 0.353. The third-order valence-electron chi connectivity index (χ3n) is 4.43. The van der Waals surface area contributed by atoms with Crippen LogP contribution in [0.25, 0.3) is 0 Å². The maximum absolute atomic E-state index is 12.0. The van der Waals surface area contributed by atoms with E-state index in [4.69, 9.17) is 4.74 Å². The molecule has 0 bridgehead atoms. The molecule has 4 unspecified atom stereocenters. The molecule has 130 valence electrons. The van der Waals surface area contributed by atoms with Crippen molar-refractivity contribution in [2.45, 2.75) is 24.4 Å². The van der Waals surface area contributed by atoms with Crippen LogP contribution in [0.4, 0.5) is 0 Å². The van der Waals surface area contributed by atoms with E-state index in [1.165, 1.54) is 0 Å². The van der Waals surface area contributed by atoms with Crippen molar-refractivity contribution in [3.05, 3.63) is 48.3 Å². The van der Waals surface area contributed by atoms with E-state index in [0.29, 0.717) is 17.5 Å². The van der Waals surface area contributed by atoms with Gasteiger partial charge in [-0.3, -0.25) is 10.2 Å². The lowest BCUT2D eigenvalue weighted by Gasteiger charge is -2.27. The van der Waals surface area contributed by atoms with Gasteiger partial charge in [-0.1, -0.05) is 12.1 Å². The molecule has 25 heavy (non-hydrogen) atoms. The number of fused-ring (bicyclic) bond motifs is 1. The van der Waals surface area contributed by atoms with Crippen molar-refractivity contribution in [3.8, 4) is 11.8 Å². The zero-order valence-corrected chi connectivity index (χ0v) is 14.5. The Balaban J connectivity index is 1.61. The fourth-order valence-electron chi connectivity index (χ4n) is 3.28. The molecular weight excluding hydrogens is 338 g/mol. The summed E-state index contributed by atoms with van der Waals surface area (Å²) in [5.41, 5.74) is 7.55. The van der Waals surface area contributed by atoms with Gasteiger partial charge in [0.1, 0.15) is 5.75 Å². The lowest BCUT2D eigenvalue weighted by Crippen LogP contribution is -2.46. The first-order valence-electron chi connectivity index (χ1n) is 8.17. The molecule has 3 heterocycles. The highest BCUT2D eigenvalue weighted by atomic mass is 32.2. The number of amides is 1. The summed E-state index contributed by atoms with van der Waals surface area (Å²) in [4.78, 5) is 20.2. The molecule has 0 radical (unpaired) electrons. The predicted molar refractivity (Wildman–Crippen MR) is 94.9 cm³/mol. The van der Waals surface area contributed by atoms with E-state index in [2.05, 4.69) is 39.1 Å². The van der Waals surface area contributed by atoms with Crippen LogP contribution in [0.1, 0.15) is 17.7 Å². The summed E-state index contributed by atoms with van der Waals surface area (Å²) in [6.07, 6.45) is 3.21. The molecule has 4 atom stereocenters. The van der Waals surface area contributed by atoms with Crippen molar-refractivity contribution in [1.29, 1.82) is 0 Å². The average Bonchev–Trinajstić information content (AvgIpc) is 2.88. The van der Waals surface area contributed by atoms with Crippen LogP contribution in [-0.4, -0.2) is 33.8 Å². The number of hydrogen-bond acceptors (Lipinski definition) is 7. The Hall–Kier alpha value is -2.16. The molecular formula is C17H19N5O2S. The average molecular weight is 357 g/mol. The van der Waals surface area contributed by atoms with Gasteiger partial charge >= 0.3 is 6.01 Å². The van der Waals surface area contributed by atoms with Crippen LogP contribution in [0.5, 0.6) is 11.8 Å². The summed E-state index contributed by atoms with van der Waals surface area (Å²) in [5.74, 6) is 1.42. The van der Waals surface area contributed by atoms with Crippen molar-refractivity contribution in [1.82, 2.24) is 26.1 Å². The van der Waals surface area contributed by atoms with E-state index in [1.807, 2.05) is 18.2 Å². The van der Waals surface area contributed by atoms with Crippen molar-refractivity contribution in [2.75, 3.05) is 5.75 Å². The van der Waals surface area contributed by atoms with Crippen molar-refractivity contribution in [3.63, 3.8) is 0 Å². The normalized spacial score (nSPS) is 28.8. The van der Waals surface area contributed by atoms with Gasteiger partial charge in [0.15, 0.2) is 0 Å². The van der Waals surface area contributed by atoms with Gasteiger partial charge in [-0.05, 0) is 30.7 Å². The highest BCUT2D eigenvalue weighted by Crippen LogP contribution is 2.42. The van der Waals surface area contributed by atoms with Gasteiger partial charge in [-0.25, -0.2) is 15.4 Å². The van der Waals surface area contributed by atoms with Crippen LogP contribution < -0.4 is 20.9 Å². The lowest BCUT2D eigenvalue weighted by atomic mass is 9.91. The van der Waals surface area contributed by atoms with E-state index in [-0.39, 0.29) is 29.3 Å². The predicted octanol–water partition coefficient (Wildman–Crippen LogP) is 1.61.